The standard InChI is InChI=1S/C14H10Br3F2NO/c1-21-14-9(16)2-7(3-10(14)17)6-20-13-11(18)4-8(15)5-12(13)19/h2-5,20H,6H2,1H3. The molecule has 0 saturated heterocycles. The van der Waals surface area contributed by atoms with Gasteiger partial charge in [-0.3, -0.25) is 0 Å². The van der Waals surface area contributed by atoms with Crippen molar-refractivity contribution in [3.8, 4) is 5.75 Å². The van der Waals surface area contributed by atoms with Crippen molar-refractivity contribution in [1.82, 2.24) is 0 Å². The molecule has 0 aliphatic rings. The van der Waals surface area contributed by atoms with Gasteiger partial charge in [-0.15, -0.1) is 0 Å². The first-order chi connectivity index (χ1) is 9.92. The van der Waals surface area contributed by atoms with Gasteiger partial charge >= 0.3 is 0 Å². The molecule has 1 N–H and O–H groups in total. The highest BCUT2D eigenvalue weighted by Gasteiger charge is 2.12. The zero-order valence-electron chi connectivity index (χ0n) is 10.8. The summed E-state index contributed by atoms with van der Waals surface area (Å²) in [4.78, 5) is 0. The normalized spacial score (nSPS) is 10.6. The second kappa shape index (κ2) is 7.07. The zero-order valence-corrected chi connectivity index (χ0v) is 15.6. The van der Waals surface area contributed by atoms with E-state index in [0.717, 1.165) is 14.5 Å². The fourth-order valence-corrected chi connectivity index (χ4v) is 3.82. The molecule has 0 unspecified atom stereocenters. The van der Waals surface area contributed by atoms with E-state index in [-0.39, 0.29) is 12.2 Å². The van der Waals surface area contributed by atoms with Gasteiger partial charge in [0.1, 0.15) is 23.1 Å². The van der Waals surface area contributed by atoms with E-state index >= 15 is 0 Å². The first kappa shape index (κ1) is 16.7. The molecule has 0 atom stereocenters. The van der Waals surface area contributed by atoms with Crippen LogP contribution >= 0.6 is 47.8 Å². The lowest BCUT2D eigenvalue weighted by Crippen LogP contribution is -2.04. The van der Waals surface area contributed by atoms with E-state index in [4.69, 9.17) is 4.74 Å². The highest BCUT2D eigenvalue weighted by molar-refractivity contribution is 9.11. The molecule has 2 aromatic rings. The molecule has 0 fully saturated rings. The lowest BCUT2D eigenvalue weighted by atomic mass is 10.2. The number of nitrogens with one attached hydrogen (secondary N) is 1. The molecule has 7 heteroatoms. The molecule has 0 spiro atoms. The van der Waals surface area contributed by atoms with Crippen LogP contribution in [0.3, 0.4) is 0 Å². The van der Waals surface area contributed by atoms with Gasteiger partial charge in [0.15, 0.2) is 0 Å². The maximum atomic E-state index is 13.7. The van der Waals surface area contributed by atoms with Gasteiger partial charge < -0.3 is 10.1 Å². The average molecular weight is 486 g/mol. The fraction of sp³-hybridized carbons (Fsp3) is 0.143. The number of ether oxygens (including phenoxy) is 1. The first-order valence-corrected chi connectivity index (χ1v) is 8.20. The molecular formula is C14H10Br3F2NO. The van der Waals surface area contributed by atoms with Crippen molar-refractivity contribution >= 4 is 53.5 Å². The zero-order chi connectivity index (χ0) is 15.6. The average Bonchev–Trinajstić information content (AvgIpc) is 2.37. The maximum Gasteiger partial charge on any atom is 0.150 e. The van der Waals surface area contributed by atoms with Gasteiger partial charge in [-0.25, -0.2) is 8.78 Å². The van der Waals surface area contributed by atoms with Gasteiger partial charge in [-0.2, -0.15) is 0 Å². The summed E-state index contributed by atoms with van der Waals surface area (Å²) in [5.74, 6) is -0.623. The van der Waals surface area contributed by atoms with E-state index < -0.39 is 11.6 Å². The van der Waals surface area contributed by atoms with E-state index in [9.17, 15) is 8.78 Å². The van der Waals surface area contributed by atoms with Crippen molar-refractivity contribution in [3.63, 3.8) is 0 Å². The van der Waals surface area contributed by atoms with E-state index in [1.165, 1.54) is 12.1 Å². The van der Waals surface area contributed by atoms with Gasteiger partial charge in [0.25, 0.3) is 0 Å². The Morgan fingerprint density at radius 1 is 1.00 bits per heavy atom. The van der Waals surface area contributed by atoms with Crippen LogP contribution in [0.5, 0.6) is 5.75 Å². The topological polar surface area (TPSA) is 21.3 Å². The van der Waals surface area contributed by atoms with E-state index in [1.807, 2.05) is 12.1 Å². The fourth-order valence-electron chi connectivity index (χ4n) is 1.81. The predicted octanol–water partition coefficient (Wildman–Crippen LogP) is 5.87. The largest absolute Gasteiger partial charge is 0.494 e. The van der Waals surface area contributed by atoms with Crippen LogP contribution in [0, 0.1) is 11.6 Å². The molecule has 2 nitrogen and oxygen atoms in total. The Bertz CT molecular complexity index is 633. The van der Waals surface area contributed by atoms with E-state index in [2.05, 4.69) is 53.1 Å². The van der Waals surface area contributed by atoms with Crippen LogP contribution in [0.1, 0.15) is 5.56 Å². The van der Waals surface area contributed by atoms with Crippen molar-refractivity contribution < 1.29 is 13.5 Å². The molecule has 0 radical (unpaired) electrons. The molecule has 2 aromatic carbocycles. The Hall–Kier alpha value is -0.660. The van der Waals surface area contributed by atoms with E-state index in [0.29, 0.717) is 10.2 Å². The maximum absolute atomic E-state index is 13.7. The van der Waals surface area contributed by atoms with Crippen LogP contribution < -0.4 is 10.1 Å². The summed E-state index contributed by atoms with van der Waals surface area (Å²) in [6.45, 7) is 0.274. The minimum Gasteiger partial charge on any atom is -0.494 e. The lowest BCUT2D eigenvalue weighted by molar-refractivity contribution is 0.409. The third-order valence-corrected chi connectivity index (χ3v) is 4.37. The number of anilines is 1. The summed E-state index contributed by atoms with van der Waals surface area (Å²) >= 11 is 9.82. The number of hydrogen-bond donors (Lipinski definition) is 1. The Morgan fingerprint density at radius 2 is 1.52 bits per heavy atom. The molecule has 0 aromatic heterocycles. The number of methoxy groups -OCH3 is 1. The van der Waals surface area contributed by atoms with Gasteiger partial charge in [0.05, 0.1) is 16.1 Å². The number of halogens is 5. The molecule has 0 aliphatic carbocycles. The molecular weight excluding hydrogens is 476 g/mol. The summed E-state index contributed by atoms with van der Waals surface area (Å²) in [5.41, 5.74) is 0.692. The van der Waals surface area contributed by atoms with Gasteiger partial charge in [-0.1, -0.05) is 15.9 Å². The molecule has 0 bridgehead atoms. The molecule has 21 heavy (non-hydrogen) atoms. The van der Waals surface area contributed by atoms with Crippen molar-refractivity contribution in [2.75, 3.05) is 12.4 Å². The SMILES string of the molecule is COc1c(Br)cc(CNc2c(F)cc(Br)cc2F)cc1Br. The number of hydrogen-bond acceptors (Lipinski definition) is 2. The predicted molar refractivity (Wildman–Crippen MR) is 89.8 cm³/mol. The molecule has 0 aliphatic heterocycles. The van der Waals surface area contributed by atoms with Crippen LogP contribution in [-0.2, 0) is 6.54 Å². The monoisotopic (exact) mass is 483 g/mol. The van der Waals surface area contributed by atoms with Gasteiger partial charge in [0.2, 0.25) is 0 Å². The Balaban J connectivity index is 2.21. The molecule has 0 heterocycles. The second-order valence-corrected chi connectivity index (χ2v) is 6.82. The number of benzene rings is 2. The minimum atomic E-state index is -0.645. The van der Waals surface area contributed by atoms with Crippen LogP contribution in [0.15, 0.2) is 37.7 Å². The third-order valence-electron chi connectivity index (χ3n) is 2.74. The van der Waals surface area contributed by atoms with E-state index in [1.54, 1.807) is 7.11 Å². The van der Waals surface area contributed by atoms with Gasteiger partial charge in [-0.05, 0) is 61.7 Å². The van der Waals surface area contributed by atoms with Crippen LogP contribution in [0.4, 0.5) is 14.5 Å². The molecule has 2 rings (SSSR count). The van der Waals surface area contributed by atoms with Crippen LogP contribution in [-0.4, -0.2) is 7.11 Å². The molecule has 112 valence electrons. The minimum absolute atomic E-state index is 0.152. The summed E-state index contributed by atoms with van der Waals surface area (Å²) in [6.07, 6.45) is 0. The summed E-state index contributed by atoms with van der Waals surface area (Å²) in [7, 11) is 1.56. The van der Waals surface area contributed by atoms with Crippen LogP contribution in [0.25, 0.3) is 0 Å². The van der Waals surface area contributed by atoms with Crippen molar-refractivity contribution in [3.05, 3.63) is 54.9 Å². The highest BCUT2D eigenvalue weighted by Crippen LogP contribution is 2.34. The first-order valence-electron chi connectivity index (χ1n) is 5.82. The van der Waals surface area contributed by atoms with Crippen molar-refractivity contribution in [2.45, 2.75) is 6.54 Å². The van der Waals surface area contributed by atoms with Crippen molar-refractivity contribution in [2.24, 2.45) is 0 Å². The Kier molecular flexibility index (Phi) is 5.62. The summed E-state index contributed by atoms with van der Waals surface area (Å²) in [5, 5.41) is 2.76. The highest BCUT2D eigenvalue weighted by atomic mass is 79.9. The Labute approximate surface area is 146 Å². The number of rotatable bonds is 4. The quantitative estimate of drug-likeness (QED) is 0.584. The van der Waals surface area contributed by atoms with Crippen LogP contribution in [0.2, 0.25) is 0 Å². The second-order valence-electron chi connectivity index (χ2n) is 4.19. The molecule has 0 saturated carbocycles. The lowest BCUT2D eigenvalue weighted by Gasteiger charge is -2.12. The van der Waals surface area contributed by atoms with Gasteiger partial charge in [0, 0.05) is 11.0 Å². The summed E-state index contributed by atoms with van der Waals surface area (Å²) in [6, 6.07) is 6.08. The molecule has 0 amide bonds. The Morgan fingerprint density at radius 3 is 2.00 bits per heavy atom. The third kappa shape index (κ3) is 3.96. The summed E-state index contributed by atoms with van der Waals surface area (Å²) < 4.78 is 34.5. The van der Waals surface area contributed by atoms with Crippen molar-refractivity contribution in [1.29, 1.82) is 0 Å². The smallest absolute Gasteiger partial charge is 0.150 e.